The molecule has 2 aromatic heterocycles. The standard InChI is InChI=1S/C14H13N5O2/c1-19-5-4-15-12(19)7-16-13-10-3-2-9(14(20)21)6-11(10)17-8-18-13/h2-6,8H,7H2,1H3,(H,20,21)(H,16,17,18). The lowest BCUT2D eigenvalue weighted by molar-refractivity contribution is 0.0697. The summed E-state index contributed by atoms with van der Waals surface area (Å²) in [6.07, 6.45) is 5.01. The zero-order chi connectivity index (χ0) is 14.8. The highest BCUT2D eigenvalue weighted by molar-refractivity contribution is 5.96. The third kappa shape index (κ3) is 2.53. The number of nitrogens with zero attached hydrogens (tertiary/aromatic N) is 4. The van der Waals surface area contributed by atoms with E-state index in [1.54, 1.807) is 18.3 Å². The highest BCUT2D eigenvalue weighted by Gasteiger charge is 2.08. The van der Waals surface area contributed by atoms with Gasteiger partial charge in [-0.1, -0.05) is 0 Å². The largest absolute Gasteiger partial charge is 0.478 e. The van der Waals surface area contributed by atoms with E-state index in [0.717, 1.165) is 11.2 Å². The number of carbonyl (C=O) groups is 1. The van der Waals surface area contributed by atoms with Gasteiger partial charge in [-0.2, -0.15) is 0 Å². The van der Waals surface area contributed by atoms with Crippen LogP contribution in [0.2, 0.25) is 0 Å². The first-order chi connectivity index (χ1) is 10.1. The summed E-state index contributed by atoms with van der Waals surface area (Å²) in [5, 5.41) is 13.0. The number of nitrogens with one attached hydrogen (secondary N) is 1. The summed E-state index contributed by atoms with van der Waals surface area (Å²) in [5.41, 5.74) is 0.795. The Morgan fingerprint density at radius 2 is 2.19 bits per heavy atom. The van der Waals surface area contributed by atoms with Crippen molar-refractivity contribution in [3.8, 4) is 0 Å². The maximum atomic E-state index is 11.0. The van der Waals surface area contributed by atoms with Gasteiger partial charge in [-0.25, -0.2) is 19.7 Å². The molecular formula is C14H13N5O2. The van der Waals surface area contributed by atoms with E-state index in [4.69, 9.17) is 5.11 Å². The van der Waals surface area contributed by atoms with Gasteiger partial charge in [0, 0.05) is 24.8 Å². The van der Waals surface area contributed by atoms with Gasteiger partial charge < -0.3 is 15.0 Å². The predicted molar refractivity (Wildman–Crippen MR) is 77.0 cm³/mol. The Morgan fingerprint density at radius 3 is 2.90 bits per heavy atom. The lowest BCUT2D eigenvalue weighted by Crippen LogP contribution is -2.07. The highest BCUT2D eigenvalue weighted by atomic mass is 16.4. The normalized spacial score (nSPS) is 10.7. The van der Waals surface area contributed by atoms with Gasteiger partial charge >= 0.3 is 5.97 Å². The number of rotatable bonds is 4. The molecule has 21 heavy (non-hydrogen) atoms. The molecule has 0 radical (unpaired) electrons. The average molecular weight is 283 g/mol. The molecule has 0 saturated carbocycles. The number of aromatic nitrogens is 4. The van der Waals surface area contributed by atoms with Crippen LogP contribution in [-0.4, -0.2) is 30.6 Å². The minimum Gasteiger partial charge on any atom is -0.478 e. The van der Waals surface area contributed by atoms with Crippen molar-refractivity contribution >= 4 is 22.7 Å². The van der Waals surface area contributed by atoms with Gasteiger partial charge in [-0.3, -0.25) is 0 Å². The molecule has 0 atom stereocenters. The molecule has 3 aromatic rings. The predicted octanol–water partition coefficient (Wildman–Crippen LogP) is 1.67. The first-order valence-corrected chi connectivity index (χ1v) is 6.33. The van der Waals surface area contributed by atoms with Crippen LogP contribution < -0.4 is 5.32 Å². The number of aromatic carboxylic acids is 1. The van der Waals surface area contributed by atoms with Gasteiger partial charge in [-0.15, -0.1) is 0 Å². The zero-order valence-corrected chi connectivity index (χ0v) is 11.3. The van der Waals surface area contributed by atoms with Crippen LogP contribution in [0.25, 0.3) is 10.9 Å². The summed E-state index contributed by atoms with van der Waals surface area (Å²) >= 11 is 0. The third-order valence-electron chi connectivity index (χ3n) is 3.22. The Labute approximate surface area is 120 Å². The number of carboxylic acids is 1. The molecule has 7 nitrogen and oxygen atoms in total. The molecule has 0 fully saturated rings. The van der Waals surface area contributed by atoms with E-state index in [2.05, 4.69) is 20.3 Å². The van der Waals surface area contributed by atoms with Crippen LogP contribution in [-0.2, 0) is 13.6 Å². The number of hydrogen-bond acceptors (Lipinski definition) is 5. The van der Waals surface area contributed by atoms with Crippen molar-refractivity contribution in [3.05, 3.63) is 48.3 Å². The minimum absolute atomic E-state index is 0.205. The lowest BCUT2D eigenvalue weighted by Gasteiger charge is -2.08. The molecule has 1 aromatic carbocycles. The van der Waals surface area contributed by atoms with Crippen LogP contribution in [0.15, 0.2) is 36.9 Å². The molecule has 0 aliphatic rings. The van der Waals surface area contributed by atoms with Gasteiger partial charge in [0.1, 0.15) is 18.0 Å². The van der Waals surface area contributed by atoms with Crippen LogP contribution in [0.5, 0.6) is 0 Å². The Morgan fingerprint density at radius 1 is 1.33 bits per heavy atom. The maximum absolute atomic E-state index is 11.0. The van der Waals surface area contributed by atoms with Crippen molar-refractivity contribution in [3.63, 3.8) is 0 Å². The third-order valence-corrected chi connectivity index (χ3v) is 3.22. The Bertz CT molecular complexity index is 812. The number of benzene rings is 1. The fourth-order valence-electron chi connectivity index (χ4n) is 2.06. The highest BCUT2D eigenvalue weighted by Crippen LogP contribution is 2.20. The molecule has 2 heterocycles. The van der Waals surface area contributed by atoms with Crippen molar-refractivity contribution in [2.45, 2.75) is 6.54 Å². The van der Waals surface area contributed by atoms with E-state index in [9.17, 15) is 4.79 Å². The van der Waals surface area contributed by atoms with Crippen LogP contribution >= 0.6 is 0 Å². The maximum Gasteiger partial charge on any atom is 0.335 e. The smallest absolute Gasteiger partial charge is 0.335 e. The monoisotopic (exact) mass is 283 g/mol. The van der Waals surface area contributed by atoms with E-state index in [0.29, 0.717) is 17.9 Å². The summed E-state index contributed by atoms with van der Waals surface area (Å²) in [5.74, 6) is 0.557. The molecule has 7 heteroatoms. The lowest BCUT2D eigenvalue weighted by atomic mass is 10.1. The topological polar surface area (TPSA) is 92.9 Å². The number of fused-ring (bicyclic) bond motifs is 1. The molecule has 0 unspecified atom stereocenters. The van der Waals surface area contributed by atoms with Gasteiger partial charge in [0.05, 0.1) is 17.6 Å². The van der Waals surface area contributed by atoms with E-state index >= 15 is 0 Å². The van der Waals surface area contributed by atoms with E-state index in [1.807, 2.05) is 17.8 Å². The van der Waals surface area contributed by atoms with E-state index < -0.39 is 5.97 Å². The van der Waals surface area contributed by atoms with Crippen molar-refractivity contribution in [2.75, 3.05) is 5.32 Å². The van der Waals surface area contributed by atoms with Crippen LogP contribution in [0, 0.1) is 0 Å². The molecule has 0 aliphatic carbocycles. The summed E-state index contributed by atoms with van der Waals surface area (Å²) in [6, 6.07) is 4.78. The van der Waals surface area contributed by atoms with Crippen LogP contribution in [0.3, 0.4) is 0 Å². The summed E-state index contributed by atoms with van der Waals surface area (Å²) in [4.78, 5) is 23.5. The molecule has 0 aliphatic heterocycles. The van der Waals surface area contributed by atoms with Gasteiger partial charge in [0.2, 0.25) is 0 Å². The van der Waals surface area contributed by atoms with Crippen molar-refractivity contribution < 1.29 is 9.90 Å². The second-order valence-corrected chi connectivity index (χ2v) is 4.57. The first kappa shape index (κ1) is 13.0. The number of carboxylic acid groups (broad SMARTS) is 1. The molecule has 3 rings (SSSR count). The summed E-state index contributed by atoms with van der Waals surface area (Å²) < 4.78 is 1.92. The van der Waals surface area contributed by atoms with E-state index in [-0.39, 0.29) is 5.56 Å². The molecule has 106 valence electrons. The van der Waals surface area contributed by atoms with Gasteiger partial charge in [0.15, 0.2) is 0 Å². The number of aryl methyl sites for hydroxylation is 1. The fourth-order valence-corrected chi connectivity index (χ4v) is 2.06. The number of anilines is 1. The second-order valence-electron chi connectivity index (χ2n) is 4.57. The van der Waals surface area contributed by atoms with Crippen molar-refractivity contribution in [1.82, 2.24) is 19.5 Å². The molecule has 0 bridgehead atoms. The Kier molecular flexibility index (Phi) is 3.23. The molecule has 0 saturated heterocycles. The Hall–Kier alpha value is -2.96. The van der Waals surface area contributed by atoms with Crippen molar-refractivity contribution in [1.29, 1.82) is 0 Å². The SMILES string of the molecule is Cn1ccnc1CNc1ncnc2cc(C(=O)O)ccc12. The summed E-state index contributed by atoms with van der Waals surface area (Å²) in [6.45, 7) is 0.524. The fraction of sp³-hybridized carbons (Fsp3) is 0.143. The Balaban J connectivity index is 1.92. The number of hydrogen-bond donors (Lipinski definition) is 2. The van der Waals surface area contributed by atoms with Gasteiger partial charge in [0.25, 0.3) is 0 Å². The van der Waals surface area contributed by atoms with Crippen LogP contribution in [0.4, 0.5) is 5.82 Å². The zero-order valence-electron chi connectivity index (χ0n) is 11.3. The average Bonchev–Trinajstić information content (AvgIpc) is 2.89. The number of imidazole rings is 1. The molecule has 0 spiro atoms. The van der Waals surface area contributed by atoms with Gasteiger partial charge in [-0.05, 0) is 18.2 Å². The summed E-state index contributed by atoms with van der Waals surface area (Å²) in [7, 11) is 1.92. The minimum atomic E-state index is -0.974. The molecular weight excluding hydrogens is 270 g/mol. The molecule has 2 N–H and O–H groups in total. The second kappa shape index (κ2) is 5.20. The molecule has 0 amide bonds. The van der Waals surface area contributed by atoms with Crippen molar-refractivity contribution in [2.24, 2.45) is 7.05 Å². The quantitative estimate of drug-likeness (QED) is 0.756. The first-order valence-electron chi connectivity index (χ1n) is 6.33. The van der Waals surface area contributed by atoms with E-state index in [1.165, 1.54) is 12.4 Å². The van der Waals surface area contributed by atoms with Crippen LogP contribution in [0.1, 0.15) is 16.2 Å².